The highest BCUT2D eigenvalue weighted by molar-refractivity contribution is 7.14. The smallest absolute Gasteiger partial charge is 0.306 e. The Morgan fingerprint density at radius 2 is 2.08 bits per heavy atom. The van der Waals surface area contributed by atoms with E-state index in [2.05, 4.69) is 29.3 Å². The molecule has 1 N–H and O–H groups in total. The molecule has 0 saturated heterocycles. The minimum atomic E-state index is -0.909. The third-order valence-corrected chi connectivity index (χ3v) is 5.83. The minimum absolute atomic E-state index is 0.125. The number of nitrogens with zero attached hydrogens (tertiary/aromatic N) is 3. The van der Waals surface area contributed by atoms with Crippen LogP contribution in [0.4, 0.5) is 0 Å². The Kier molecular flexibility index (Phi) is 4.34. The summed E-state index contributed by atoms with van der Waals surface area (Å²) in [5, 5.41) is 18.6. The maximum absolute atomic E-state index is 11.2. The minimum Gasteiger partial charge on any atom is -0.481 e. The van der Waals surface area contributed by atoms with E-state index in [4.69, 9.17) is 4.74 Å². The molecular weight excluding hydrogens is 350 g/mol. The van der Waals surface area contributed by atoms with Crippen LogP contribution in [0, 0.1) is 13.8 Å². The lowest BCUT2D eigenvalue weighted by Gasteiger charge is -2.12. The van der Waals surface area contributed by atoms with E-state index in [9.17, 15) is 9.90 Å². The van der Waals surface area contributed by atoms with Crippen molar-refractivity contribution in [1.29, 1.82) is 0 Å². The maximum Gasteiger partial charge on any atom is 0.306 e. The third kappa shape index (κ3) is 2.93. The lowest BCUT2D eigenvalue weighted by Crippen LogP contribution is -2.12. The normalized spacial score (nSPS) is 16.0. The number of thiophene rings is 1. The Hall–Kier alpha value is -2.51. The highest BCUT2D eigenvalue weighted by atomic mass is 32.1. The van der Waals surface area contributed by atoms with Gasteiger partial charge in [-0.15, -0.1) is 21.5 Å². The van der Waals surface area contributed by atoms with Crippen molar-refractivity contribution in [3.8, 4) is 5.00 Å². The standard InChI is InChI=1S/C19H19N3O3S/c1-11-14(8-13-6-4-3-5-7-13)15-10-25-16(9-17(23)24)18-21-20-12(2)22(18)19(15)26-11/h3-7,16H,8-10H2,1-2H3,(H,23,24). The fraction of sp³-hybridized carbons (Fsp3) is 0.316. The van der Waals surface area contributed by atoms with Crippen molar-refractivity contribution in [1.82, 2.24) is 14.8 Å². The van der Waals surface area contributed by atoms with Gasteiger partial charge in [0.2, 0.25) is 0 Å². The van der Waals surface area contributed by atoms with Crippen LogP contribution in [0.3, 0.4) is 0 Å². The Morgan fingerprint density at radius 3 is 2.81 bits per heavy atom. The predicted molar refractivity (Wildman–Crippen MR) is 97.7 cm³/mol. The topological polar surface area (TPSA) is 77.2 Å². The zero-order chi connectivity index (χ0) is 18.3. The molecule has 1 aromatic carbocycles. The summed E-state index contributed by atoms with van der Waals surface area (Å²) in [5.74, 6) is 0.402. The van der Waals surface area contributed by atoms with Gasteiger partial charge in [-0.1, -0.05) is 30.3 Å². The Bertz CT molecular complexity index is 962. The van der Waals surface area contributed by atoms with Crippen LogP contribution in [0.1, 0.15) is 45.7 Å². The number of hydrogen-bond acceptors (Lipinski definition) is 5. The summed E-state index contributed by atoms with van der Waals surface area (Å²) in [7, 11) is 0. The Morgan fingerprint density at radius 1 is 1.31 bits per heavy atom. The van der Waals surface area contributed by atoms with Crippen molar-refractivity contribution in [2.75, 3.05) is 0 Å². The number of carboxylic acids is 1. The van der Waals surface area contributed by atoms with Crippen LogP contribution in [0.15, 0.2) is 30.3 Å². The second kappa shape index (κ2) is 6.66. The maximum atomic E-state index is 11.2. The summed E-state index contributed by atoms with van der Waals surface area (Å²) in [6.45, 7) is 4.38. The molecule has 6 nitrogen and oxygen atoms in total. The van der Waals surface area contributed by atoms with Crippen molar-refractivity contribution in [2.45, 2.75) is 39.4 Å². The molecule has 1 aliphatic heterocycles. The van der Waals surface area contributed by atoms with E-state index in [1.807, 2.05) is 29.7 Å². The molecule has 0 bridgehead atoms. The van der Waals surface area contributed by atoms with Gasteiger partial charge in [-0.2, -0.15) is 0 Å². The molecule has 1 atom stereocenters. The van der Waals surface area contributed by atoms with Crippen LogP contribution < -0.4 is 0 Å². The van der Waals surface area contributed by atoms with Gasteiger partial charge >= 0.3 is 5.97 Å². The van der Waals surface area contributed by atoms with Gasteiger partial charge in [-0.05, 0) is 31.4 Å². The summed E-state index contributed by atoms with van der Waals surface area (Å²) in [6.07, 6.45) is 0.0976. The third-order valence-electron chi connectivity index (χ3n) is 4.65. The van der Waals surface area contributed by atoms with Crippen molar-refractivity contribution < 1.29 is 14.6 Å². The first-order valence-corrected chi connectivity index (χ1v) is 9.27. The van der Waals surface area contributed by atoms with Gasteiger partial charge in [0.15, 0.2) is 5.82 Å². The molecule has 4 rings (SSSR count). The van der Waals surface area contributed by atoms with E-state index < -0.39 is 12.1 Å². The summed E-state index contributed by atoms with van der Waals surface area (Å²) >= 11 is 1.69. The molecule has 0 fully saturated rings. The fourth-order valence-corrected chi connectivity index (χ4v) is 4.61. The monoisotopic (exact) mass is 369 g/mol. The summed E-state index contributed by atoms with van der Waals surface area (Å²) in [4.78, 5) is 12.5. The number of fused-ring (bicyclic) bond motifs is 3. The lowest BCUT2D eigenvalue weighted by molar-refractivity contribution is -0.140. The first kappa shape index (κ1) is 16.9. The first-order chi connectivity index (χ1) is 12.5. The van der Waals surface area contributed by atoms with E-state index in [-0.39, 0.29) is 6.42 Å². The van der Waals surface area contributed by atoms with Crippen LogP contribution in [0.25, 0.3) is 5.00 Å². The average Bonchev–Trinajstić information content (AvgIpc) is 3.08. The zero-order valence-electron chi connectivity index (χ0n) is 14.6. The van der Waals surface area contributed by atoms with Crippen LogP contribution in [0.5, 0.6) is 0 Å². The van der Waals surface area contributed by atoms with Crippen LogP contribution in [0.2, 0.25) is 0 Å². The van der Waals surface area contributed by atoms with Gasteiger partial charge in [0, 0.05) is 10.4 Å². The van der Waals surface area contributed by atoms with Gasteiger partial charge < -0.3 is 9.84 Å². The summed E-state index contributed by atoms with van der Waals surface area (Å²) in [5.41, 5.74) is 3.59. The Balaban J connectivity index is 1.80. The van der Waals surface area contributed by atoms with E-state index in [0.717, 1.165) is 22.8 Å². The number of benzene rings is 1. The van der Waals surface area contributed by atoms with E-state index in [1.165, 1.54) is 16.0 Å². The highest BCUT2D eigenvalue weighted by Gasteiger charge is 2.31. The molecule has 0 aliphatic carbocycles. The average molecular weight is 369 g/mol. The number of aromatic nitrogens is 3. The molecule has 0 spiro atoms. The van der Waals surface area contributed by atoms with Gasteiger partial charge in [-0.3, -0.25) is 9.36 Å². The number of aliphatic carboxylic acids is 1. The van der Waals surface area contributed by atoms with Gasteiger partial charge in [-0.25, -0.2) is 0 Å². The number of carboxylic acid groups (broad SMARTS) is 1. The molecular formula is C19H19N3O3S. The number of carbonyl (C=O) groups is 1. The van der Waals surface area contributed by atoms with Crippen molar-refractivity contribution in [2.24, 2.45) is 0 Å². The SMILES string of the molecule is Cc1sc2c(c1Cc1ccccc1)COC(CC(=O)O)c1nnc(C)n1-2. The lowest BCUT2D eigenvalue weighted by atomic mass is 10.0. The quantitative estimate of drug-likeness (QED) is 0.760. The molecule has 3 heterocycles. The number of hydrogen-bond donors (Lipinski definition) is 1. The largest absolute Gasteiger partial charge is 0.481 e. The predicted octanol–water partition coefficient (Wildman–Crippen LogP) is 3.58. The molecule has 2 aromatic heterocycles. The number of aryl methyl sites for hydroxylation is 2. The van der Waals surface area contributed by atoms with Crippen LogP contribution in [-0.4, -0.2) is 25.8 Å². The first-order valence-electron chi connectivity index (χ1n) is 8.45. The number of ether oxygens (including phenoxy) is 1. The molecule has 134 valence electrons. The summed E-state index contributed by atoms with van der Waals surface area (Å²) < 4.78 is 7.93. The zero-order valence-corrected chi connectivity index (χ0v) is 15.4. The fourth-order valence-electron chi connectivity index (χ4n) is 3.38. The Labute approximate surface area is 155 Å². The molecule has 0 saturated carbocycles. The van der Waals surface area contributed by atoms with Crippen molar-refractivity contribution >= 4 is 17.3 Å². The molecule has 0 radical (unpaired) electrons. The van der Waals surface area contributed by atoms with E-state index >= 15 is 0 Å². The second-order valence-corrected chi connectivity index (χ2v) is 7.62. The van der Waals surface area contributed by atoms with E-state index in [1.54, 1.807) is 11.3 Å². The molecule has 3 aromatic rings. The second-order valence-electron chi connectivity index (χ2n) is 6.42. The molecule has 7 heteroatoms. The van der Waals surface area contributed by atoms with Crippen LogP contribution in [-0.2, 0) is 22.6 Å². The molecule has 1 unspecified atom stereocenters. The molecule has 0 amide bonds. The van der Waals surface area contributed by atoms with Crippen LogP contribution >= 0.6 is 11.3 Å². The molecule has 26 heavy (non-hydrogen) atoms. The number of rotatable bonds is 4. The summed E-state index contributed by atoms with van der Waals surface area (Å²) in [6, 6.07) is 10.3. The van der Waals surface area contributed by atoms with E-state index in [0.29, 0.717) is 12.4 Å². The van der Waals surface area contributed by atoms with Gasteiger partial charge in [0.25, 0.3) is 0 Å². The van der Waals surface area contributed by atoms with Crippen molar-refractivity contribution in [3.63, 3.8) is 0 Å². The molecule has 1 aliphatic rings. The highest BCUT2D eigenvalue weighted by Crippen LogP contribution is 2.39. The van der Waals surface area contributed by atoms with Crippen molar-refractivity contribution in [3.05, 3.63) is 63.5 Å². The van der Waals surface area contributed by atoms with Gasteiger partial charge in [0.05, 0.1) is 13.0 Å². The van der Waals surface area contributed by atoms with Gasteiger partial charge in [0.1, 0.15) is 16.9 Å².